The average Bonchev–Trinajstić information content (AvgIpc) is 3.55. The highest BCUT2D eigenvalue weighted by Crippen LogP contribution is 2.32. The summed E-state index contributed by atoms with van der Waals surface area (Å²) in [5.41, 5.74) is 4.34. The van der Waals surface area contributed by atoms with Crippen LogP contribution in [0.1, 0.15) is 18.2 Å². The summed E-state index contributed by atoms with van der Waals surface area (Å²) in [7, 11) is 0. The Morgan fingerprint density at radius 1 is 1.08 bits per heavy atom. The maximum absolute atomic E-state index is 12.4. The molecule has 5 rings (SSSR count). The van der Waals surface area contributed by atoms with Gasteiger partial charge in [-0.15, -0.1) is 0 Å². The number of hydrogen-bond donors (Lipinski definition) is 1. The van der Waals surface area contributed by atoms with Crippen molar-refractivity contribution in [3.8, 4) is 22.8 Å². The molecule has 0 bridgehead atoms. The number of fused-ring (bicyclic) bond motifs is 1. The zero-order valence-electron chi connectivity index (χ0n) is 19.6. The monoisotopic (exact) mass is 557 g/mol. The van der Waals surface area contributed by atoms with Gasteiger partial charge in [0.15, 0.2) is 5.58 Å². The zero-order chi connectivity index (χ0) is 25.9. The lowest BCUT2D eigenvalue weighted by Crippen LogP contribution is -2.07. The Morgan fingerprint density at radius 2 is 1.86 bits per heavy atom. The van der Waals surface area contributed by atoms with Gasteiger partial charge in [-0.25, -0.2) is 4.98 Å². The van der Waals surface area contributed by atoms with E-state index in [0.717, 1.165) is 27.5 Å². The fourth-order valence-corrected chi connectivity index (χ4v) is 4.42. The maximum atomic E-state index is 12.4. The van der Waals surface area contributed by atoms with Crippen molar-refractivity contribution in [3.05, 3.63) is 105 Å². The van der Waals surface area contributed by atoms with Crippen LogP contribution in [0.3, 0.4) is 0 Å². The van der Waals surface area contributed by atoms with E-state index in [-0.39, 0.29) is 11.6 Å². The molecule has 0 atom stereocenters. The van der Waals surface area contributed by atoms with Gasteiger partial charge in [0.05, 0.1) is 15.0 Å². The first-order valence-electron chi connectivity index (χ1n) is 11.4. The number of nitro groups is 1. The molecule has 0 unspecified atom stereocenters. The van der Waals surface area contributed by atoms with Crippen LogP contribution in [0, 0.1) is 10.1 Å². The van der Waals surface area contributed by atoms with Crippen molar-refractivity contribution in [2.24, 2.45) is 0 Å². The maximum Gasteiger partial charge on any atom is 0.280 e. The molecule has 184 valence electrons. The second-order valence-electron chi connectivity index (χ2n) is 8.17. The van der Waals surface area contributed by atoms with E-state index >= 15 is 0 Å². The average molecular weight is 558 g/mol. The first-order valence-corrected chi connectivity index (χ1v) is 12.2. The summed E-state index contributed by atoms with van der Waals surface area (Å²) < 4.78 is 12.5. The standard InChI is InChI=1S/C28H20BrN3O5/c1-2-17-15-22(29)27-23(16-17)31-28(37-27)18-7-9-19(10-8-18)30-26(33)14-12-20-11-13-25(36-20)21-5-3-4-6-24(21)32(34)35/h3-16H,2H2,1H3,(H,30,33)/b14-12+. The van der Waals surface area contributed by atoms with Crippen LogP contribution >= 0.6 is 15.9 Å². The molecule has 37 heavy (non-hydrogen) atoms. The summed E-state index contributed by atoms with van der Waals surface area (Å²) in [4.78, 5) is 27.8. The molecule has 3 aromatic carbocycles. The molecule has 8 nitrogen and oxygen atoms in total. The predicted octanol–water partition coefficient (Wildman–Crippen LogP) is 7.64. The van der Waals surface area contributed by atoms with Crippen molar-refractivity contribution < 1.29 is 18.6 Å². The molecular weight excluding hydrogens is 538 g/mol. The highest BCUT2D eigenvalue weighted by molar-refractivity contribution is 9.10. The Kier molecular flexibility index (Phi) is 6.70. The highest BCUT2D eigenvalue weighted by Gasteiger charge is 2.17. The van der Waals surface area contributed by atoms with Gasteiger partial charge in [0.1, 0.15) is 17.0 Å². The Morgan fingerprint density at radius 3 is 2.62 bits per heavy atom. The third-order valence-corrected chi connectivity index (χ3v) is 6.29. The molecule has 0 saturated heterocycles. The molecule has 1 N–H and O–H groups in total. The summed E-state index contributed by atoms with van der Waals surface area (Å²) in [6, 6.07) is 20.8. The number of furan rings is 1. The molecule has 0 saturated carbocycles. The number of amides is 1. The summed E-state index contributed by atoms with van der Waals surface area (Å²) in [6.45, 7) is 2.08. The lowest BCUT2D eigenvalue weighted by atomic mass is 10.1. The number of benzene rings is 3. The number of aryl methyl sites for hydroxylation is 1. The van der Waals surface area contributed by atoms with E-state index < -0.39 is 4.92 Å². The largest absolute Gasteiger partial charge is 0.456 e. The van der Waals surface area contributed by atoms with Crippen LogP contribution in [0.5, 0.6) is 0 Å². The quantitative estimate of drug-likeness (QED) is 0.125. The highest BCUT2D eigenvalue weighted by atomic mass is 79.9. The number of halogens is 1. The molecule has 5 aromatic rings. The van der Waals surface area contributed by atoms with Crippen LogP contribution in [0.15, 0.2) is 92.2 Å². The Bertz CT molecular complexity index is 1650. The third-order valence-electron chi connectivity index (χ3n) is 5.70. The van der Waals surface area contributed by atoms with Crippen molar-refractivity contribution in [2.45, 2.75) is 13.3 Å². The van der Waals surface area contributed by atoms with E-state index in [1.54, 1.807) is 42.5 Å². The van der Waals surface area contributed by atoms with Gasteiger partial charge in [0, 0.05) is 23.4 Å². The molecule has 9 heteroatoms. The van der Waals surface area contributed by atoms with Gasteiger partial charge in [-0.3, -0.25) is 14.9 Å². The van der Waals surface area contributed by atoms with Crippen molar-refractivity contribution in [1.82, 2.24) is 4.98 Å². The molecule has 2 heterocycles. The van der Waals surface area contributed by atoms with Crippen molar-refractivity contribution in [2.75, 3.05) is 5.32 Å². The second kappa shape index (κ2) is 10.2. The number of para-hydroxylation sites is 1. The number of hydrogen-bond acceptors (Lipinski definition) is 6. The minimum Gasteiger partial charge on any atom is -0.456 e. The fraction of sp³-hybridized carbons (Fsp3) is 0.0714. The molecule has 0 spiro atoms. The van der Waals surface area contributed by atoms with E-state index in [4.69, 9.17) is 8.83 Å². The number of carbonyl (C=O) groups excluding carboxylic acids is 1. The van der Waals surface area contributed by atoms with Crippen LogP contribution in [0.2, 0.25) is 0 Å². The molecule has 0 radical (unpaired) electrons. The van der Waals surface area contributed by atoms with Gasteiger partial charge < -0.3 is 14.2 Å². The van der Waals surface area contributed by atoms with Crippen LogP contribution in [-0.4, -0.2) is 15.8 Å². The summed E-state index contributed by atoms with van der Waals surface area (Å²) in [6.07, 6.45) is 3.73. The van der Waals surface area contributed by atoms with Crippen LogP contribution in [-0.2, 0) is 11.2 Å². The number of nitro benzene ring substituents is 1. The first-order chi connectivity index (χ1) is 17.9. The van der Waals surface area contributed by atoms with Gasteiger partial charge in [-0.2, -0.15) is 0 Å². The van der Waals surface area contributed by atoms with Gasteiger partial charge in [-0.05, 0) is 88.6 Å². The number of anilines is 1. The number of nitrogens with zero attached hydrogens (tertiary/aromatic N) is 2. The number of rotatable bonds is 7. The van der Waals surface area contributed by atoms with Crippen molar-refractivity contribution >= 4 is 50.4 Å². The fourth-order valence-electron chi connectivity index (χ4n) is 3.84. The number of nitrogens with one attached hydrogen (secondary N) is 1. The van der Waals surface area contributed by atoms with Crippen LogP contribution in [0.4, 0.5) is 11.4 Å². The summed E-state index contributed by atoms with van der Waals surface area (Å²) >= 11 is 3.55. The smallest absolute Gasteiger partial charge is 0.280 e. The first kappa shape index (κ1) is 24.2. The topological polar surface area (TPSA) is 111 Å². The number of aromatic nitrogens is 1. The van der Waals surface area contributed by atoms with Gasteiger partial charge in [0.25, 0.3) is 5.69 Å². The Labute approximate surface area is 219 Å². The Hall–Kier alpha value is -4.50. The van der Waals surface area contributed by atoms with Gasteiger partial charge in [0.2, 0.25) is 11.8 Å². The Balaban J connectivity index is 1.26. The minimum absolute atomic E-state index is 0.0511. The summed E-state index contributed by atoms with van der Waals surface area (Å²) in [5, 5.41) is 14.0. The molecule has 0 aliphatic carbocycles. The normalized spacial score (nSPS) is 11.3. The van der Waals surface area contributed by atoms with E-state index in [1.165, 1.54) is 18.2 Å². The SMILES string of the molecule is CCc1cc(Br)c2oc(-c3ccc(NC(=O)/C=C/c4ccc(-c5ccccc5[N+](=O)[O-])o4)cc3)nc2c1. The third kappa shape index (κ3) is 5.22. The molecule has 0 fully saturated rings. The van der Waals surface area contributed by atoms with E-state index in [9.17, 15) is 14.9 Å². The van der Waals surface area contributed by atoms with E-state index in [1.807, 2.05) is 24.3 Å². The molecule has 2 aromatic heterocycles. The molecule has 0 aliphatic heterocycles. The predicted molar refractivity (Wildman–Crippen MR) is 145 cm³/mol. The zero-order valence-corrected chi connectivity index (χ0v) is 21.2. The molecular formula is C28H20BrN3O5. The summed E-state index contributed by atoms with van der Waals surface area (Å²) in [5.74, 6) is 0.885. The van der Waals surface area contributed by atoms with Gasteiger partial charge in [-0.1, -0.05) is 19.1 Å². The number of oxazole rings is 1. The van der Waals surface area contributed by atoms with E-state index in [0.29, 0.717) is 34.2 Å². The lowest BCUT2D eigenvalue weighted by molar-refractivity contribution is -0.384. The molecule has 1 amide bonds. The van der Waals surface area contributed by atoms with Crippen molar-refractivity contribution in [1.29, 1.82) is 0 Å². The van der Waals surface area contributed by atoms with Gasteiger partial charge >= 0.3 is 0 Å². The van der Waals surface area contributed by atoms with E-state index in [2.05, 4.69) is 33.2 Å². The second-order valence-corrected chi connectivity index (χ2v) is 9.03. The minimum atomic E-state index is -0.461. The molecule has 0 aliphatic rings. The van der Waals surface area contributed by atoms with Crippen LogP contribution < -0.4 is 5.32 Å². The lowest BCUT2D eigenvalue weighted by Gasteiger charge is -2.02. The number of carbonyl (C=O) groups is 1. The van der Waals surface area contributed by atoms with Crippen molar-refractivity contribution in [3.63, 3.8) is 0 Å². The van der Waals surface area contributed by atoms with Crippen LogP contribution in [0.25, 0.3) is 40.0 Å².